The van der Waals surface area contributed by atoms with Crippen LogP contribution in [0.25, 0.3) is 0 Å². The Morgan fingerprint density at radius 3 is 2.53 bits per heavy atom. The Balaban J connectivity index is 2.14. The van der Waals surface area contributed by atoms with Crippen LogP contribution in [0.4, 0.5) is 5.82 Å². The van der Waals surface area contributed by atoms with Crippen LogP contribution in [0.15, 0.2) is 42.5 Å². The van der Waals surface area contributed by atoms with Gasteiger partial charge in [-0.1, -0.05) is 6.07 Å². The Hall–Kier alpha value is -2.56. The summed E-state index contributed by atoms with van der Waals surface area (Å²) in [6.07, 6.45) is 0. The maximum absolute atomic E-state index is 11.6. The average molecular weight is 230 g/mol. The van der Waals surface area contributed by atoms with Crippen molar-refractivity contribution in [1.82, 2.24) is 4.98 Å². The number of pyridine rings is 1. The standard InChI is InChI=1S/C12H10N2O3/c13-11-3-1-2-10(14-11)12(16)17-9-6-4-8(15)5-7-9/h1-7,15H,(H2,13,14). The number of carbonyl (C=O) groups is 1. The molecule has 0 aliphatic carbocycles. The molecule has 0 bridgehead atoms. The van der Waals surface area contributed by atoms with Gasteiger partial charge in [-0.05, 0) is 36.4 Å². The van der Waals surface area contributed by atoms with E-state index in [1.807, 2.05) is 0 Å². The number of hydrogen-bond acceptors (Lipinski definition) is 5. The summed E-state index contributed by atoms with van der Waals surface area (Å²) in [5.74, 6) is 0.0945. The molecular weight excluding hydrogens is 220 g/mol. The molecule has 3 N–H and O–H groups in total. The van der Waals surface area contributed by atoms with Crippen LogP contribution in [0.5, 0.6) is 11.5 Å². The highest BCUT2D eigenvalue weighted by Gasteiger charge is 2.10. The zero-order valence-electron chi connectivity index (χ0n) is 8.83. The Morgan fingerprint density at radius 2 is 1.88 bits per heavy atom. The largest absolute Gasteiger partial charge is 0.508 e. The molecule has 1 aromatic heterocycles. The van der Waals surface area contributed by atoms with Crippen LogP contribution in [0.1, 0.15) is 10.5 Å². The maximum atomic E-state index is 11.6. The summed E-state index contributed by atoms with van der Waals surface area (Å²) >= 11 is 0. The van der Waals surface area contributed by atoms with Crippen molar-refractivity contribution < 1.29 is 14.6 Å². The molecule has 86 valence electrons. The number of aromatic nitrogens is 1. The van der Waals surface area contributed by atoms with Crippen LogP contribution in [0.3, 0.4) is 0 Å². The molecule has 0 unspecified atom stereocenters. The van der Waals surface area contributed by atoms with Gasteiger partial charge in [0.05, 0.1) is 0 Å². The van der Waals surface area contributed by atoms with E-state index in [1.165, 1.54) is 30.3 Å². The monoisotopic (exact) mass is 230 g/mol. The molecule has 17 heavy (non-hydrogen) atoms. The molecule has 0 radical (unpaired) electrons. The zero-order chi connectivity index (χ0) is 12.3. The lowest BCUT2D eigenvalue weighted by molar-refractivity contribution is 0.0728. The first kappa shape index (κ1) is 10.9. The van der Waals surface area contributed by atoms with Gasteiger partial charge in [-0.3, -0.25) is 0 Å². The molecule has 1 heterocycles. The van der Waals surface area contributed by atoms with E-state index in [0.29, 0.717) is 5.75 Å². The summed E-state index contributed by atoms with van der Waals surface area (Å²) in [6, 6.07) is 10.5. The van der Waals surface area contributed by atoms with Crippen LogP contribution in [-0.4, -0.2) is 16.1 Å². The van der Waals surface area contributed by atoms with Crippen molar-refractivity contribution in [2.45, 2.75) is 0 Å². The first-order valence-electron chi connectivity index (χ1n) is 4.89. The van der Waals surface area contributed by atoms with Crippen molar-refractivity contribution in [1.29, 1.82) is 0 Å². The summed E-state index contributed by atoms with van der Waals surface area (Å²) in [4.78, 5) is 15.5. The zero-order valence-corrected chi connectivity index (χ0v) is 8.83. The molecule has 2 rings (SSSR count). The maximum Gasteiger partial charge on any atom is 0.362 e. The van der Waals surface area contributed by atoms with E-state index in [2.05, 4.69) is 4.98 Å². The molecular formula is C12H10N2O3. The molecule has 0 amide bonds. The Morgan fingerprint density at radius 1 is 1.18 bits per heavy atom. The number of benzene rings is 1. The third-order valence-electron chi connectivity index (χ3n) is 2.03. The normalized spacial score (nSPS) is 9.88. The smallest absolute Gasteiger partial charge is 0.362 e. The van der Waals surface area contributed by atoms with Gasteiger partial charge in [0.25, 0.3) is 0 Å². The quantitative estimate of drug-likeness (QED) is 0.604. The number of nitrogen functional groups attached to an aromatic ring is 1. The minimum absolute atomic E-state index is 0.104. The second-order valence-electron chi connectivity index (χ2n) is 3.33. The van der Waals surface area contributed by atoms with Crippen LogP contribution in [0.2, 0.25) is 0 Å². The molecule has 0 spiro atoms. The van der Waals surface area contributed by atoms with Gasteiger partial charge in [-0.25, -0.2) is 9.78 Å². The predicted molar refractivity (Wildman–Crippen MR) is 61.7 cm³/mol. The number of rotatable bonds is 2. The summed E-state index contributed by atoms with van der Waals surface area (Å²) in [5, 5.41) is 9.07. The molecule has 1 aromatic carbocycles. The predicted octanol–water partition coefficient (Wildman–Crippen LogP) is 1.59. The van der Waals surface area contributed by atoms with E-state index in [4.69, 9.17) is 15.6 Å². The number of hydrogen-bond donors (Lipinski definition) is 2. The van der Waals surface area contributed by atoms with Gasteiger partial charge < -0.3 is 15.6 Å². The molecule has 5 heteroatoms. The van der Waals surface area contributed by atoms with Gasteiger partial charge in [0, 0.05) is 0 Å². The van der Waals surface area contributed by atoms with Crippen molar-refractivity contribution in [2.75, 3.05) is 5.73 Å². The average Bonchev–Trinajstić information content (AvgIpc) is 2.32. The Kier molecular flexibility index (Phi) is 2.91. The van der Waals surface area contributed by atoms with E-state index in [1.54, 1.807) is 12.1 Å². The molecule has 0 aliphatic heterocycles. The van der Waals surface area contributed by atoms with Gasteiger partial charge in [0.1, 0.15) is 17.3 Å². The topological polar surface area (TPSA) is 85.4 Å². The van der Waals surface area contributed by atoms with Gasteiger partial charge in [0.2, 0.25) is 0 Å². The summed E-state index contributed by atoms with van der Waals surface area (Å²) < 4.78 is 5.04. The number of nitrogens with two attached hydrogens (primary N) is 1. The second-order valence-corrected chi connectivity index (χ2v) is 3.33. The van der Waals surface area contributed by atoms with Crippen LogP contribution >= 0.6 is 0 Å². The fourth-order valence-electron chi connectivity index (χ4n) is 1.24. The van der Waals surface area contributed by atoms with Crippen LogP contribution in [0, 0.1) is 0 Å². The molecule has 0 saturated heterocycles. The number of phenols is 1. The minimum Gasteiger partial charge on any atom is -0.508 e. The highest BCUT2D eigenvalue weighted by molar-refractivity contribution is 5.89. The lowest BCUT2D eigenvalue weighted by atomic mass is 10.3. The van der Waals surface area contributed by atoms with Crippen molar-refractivity contribution in [3.8, 4) is 11.5 Å². The van der Waals surface area contributed by atoms with E-state index in [-0.39, 0.29) is 17.3 Å². The van der Waals surface area contributed by atoms with Crippen LogP contribution in [-0.2, 0) is 0 Å². The van der Waals surface area contributed by atoms with Gasteiger partial charge >= 0.3 is 5.97 Å². The lowest BCUT2D eigenvalue weighted by Gasteiger charge is -2.04. The number of phenolic OH excluding ortho intramolecular Hbond substituents is 1. The highest BCUT2D eigenvalue weighted by atomic mass is 16.5. The van der Waals surface area contributed by atoms with Crippen molar-refractivity contribution in [3.05, 3.63) is 48.2 Å². The van der Waals surface area contributed by atoms with Crippen molar-refractivity contribution in [3.63, 3.8) is 0 Å². The third-order valence-corrected chi connectivity index (χ3v) is 2.03. The molecule has 2 aromatic rings. The fourth-order valence-corrected chi connectivity index (χ4v) is 1.24. The molecule has 0 saturated carbocycles. The summed E-state index contributed by atoms with van der Waals surface area (Å²) in [5.41, 5.74) is 5.59. The summed E-state index contributed by atoms with van der Waals surface area (Å²) in [6.45, 7) is 0. The molecule has 0 atom stereocenters. The first-order valence-corrected chi connectivity index (χ1v) is 4.89. The van der Waals surface area contributed by atoms with Gasteiger partial charge in [0.15, 0.2) is 5.69 Å². The van der Waals surface area contributed by atoms with E-state index in [0.717, 1.165) is 0 Å². The SMILES string of the molecule is Nc1cccc(C(=O)Oc2ccc(O)cc2)n1. The molecule has 0 aliphatic rings. The highest BCUT2D eigenvalue weighted by Crippen LogP contribution is 2.17. The third kappa shape index (κ3) is 2.72. The number of carbonyl (C=O) groups excluding carboxylic acids is 1. The number of anilines is 1. The lowest BCUT2D eigenvalue weighted by Crippen LogP contribution is -2.11. The fraction of sp³-hybridized carbons (Fsp3) is 0. The van der Waals surface area contributed by atoms with Crippen molar-refractivity contribution in [2.24, 2.45) is 0 Å². The van der Waals surface area contributed by atoms with E-state index < -0.39 is 5.97 Å². The summed E-state index contributed by atoms with van der Waals surface area (Å²) in [7, 11) is 0. The Labute approximate surface area is 97.5 Å². The Bertz CT molecular complexity index is 538. The van der Waals surface area contributed by atoms with Gasteiger partial charge in [-0.2, -0.15) is 0 Å². The van der Waals surface area contributed by atoms with E-state index >= 15 is 0 Å². The minimum atomic E-state index is -0.594. The molecule has 5 nitrogen and oxygen atoms in total. The van der Waals surface area contributed by atoms with E-state index in [9.17, 15) is 4.79 Å². The van der Waals surface area contributed by atoms with Crippen molar-refractivity contribution >= 4 is 11.8 Å². The second kappa shape index (κ2) is 4.52. The number of aromatic hydroxyl groups is 1. The number of nitrogens with zero attached hydrogens (tertiary/aromatic N) is 1. The number of esters is 1. The number of ether oxygens (including phenoxy) is 1. The van der Waals surface area contributed by atoms with Crippen LogP contribution < -0.4 is 10.5 Å². The first-order chi connectivity index (χ1) is 8.15. The van der Waals surface area contributed by atoms with Gasteiger partial charge in [-0.15, -0.1) is 0 Å². The molecule has 0 fully saturated rings.